The van der Waals surface area contributed by atoms with Crippen LogP contribution >= 0.6 is 11.3 Å². The van der Waals surface area contributed by atoms with Crippen molar-refractivity contribution in [1.82, 2.24) is 9.88 Å². The molecule has 0 saturated carbocycles. The fraction of sp³-hybridized carbons (Fsp3) is 0.188. The second-order valence-corrected chi connectivity index (χ2v) is 11.1. The summed E-state index contributed by atoms with van der Waals surface area (Å²) >= 11 is 1.42. The molecule has 3 N–H and O–H groups in total. The van der Waals surface area contributed by atoms with Crippen LogP contribution < -0.4 is 10.2 Å². The Hall–Kier alpha value is -4.40. The summed E-state index contributed by atoms with van der Waals surface area (Å²) in [5.41, 5.74) is 6.51. The maximum absolute atomic E-state index is 12.5. The van der Waals surface area contributed by atoms with Crippen LogP contribution in [0.15, 0.2) is 89.2 Å². The number of H-pyrrole nitrogens is 1. The largest absolute Gasteiger partial charge is 0.494 e. The first-order chi connectivity index (χ1) is 19.5. The molecule has 0 radical (unpaired) electrons. The number of amides is 1. The van der Waals surface area contributed by atoms with Crippen molar-refractivity contribution in [2.75, 3.05) is 43.4 Å². The number of benzene rings is 3. The van der Waals surface area contributed by atoms with Gasteiger partial charge in [-0.2, -0.15) is 0 Å². The third-order valence-electron chi connectivity index (χ3n) is 7.28. The summed E-state index contributed by atoms with van der Waals surface area (Å²) < 4.78 is 0. The predicted octanol–water partition coefficient (Wildman–Crippen LogP) is 6.28. The minimum absolute atomic E-state index is 0.100. The van der Waals surface area contributed by atoms with E-state index in [0.29, 0.717) is 16.9 Å². The van der Waals surface area contributed by atoms with Crippen molar-refractivity contribution in [2.45, 2.75) is 6.42 Å². The first kappa shape index (κ1) is 25.9. The lowest BCUT2D eigenvalue weighted by molar-refractivity contribution is 0.103. The molecule has 3 aromatic carbocycles. The highest BCUT2D eigenvalue weighted by Crippen LogP contribution is 2.29. The van der Waals surface area contributed by atoms with Crippen molar-refractivity contribution >= 4 is 51.4 Å². The van der Waals surface area contributed by atoms with Gasteiger partial charge in [-0.25, -0.2) is 0 Å². The van der Waals surface area contributed by atoms with Crippen LogP contribution in [0.2, 0.25) is 0 Å². The van der Waals surface area contributed by atoms with Gasteiger partial charge in [-0.1, -0.05) is 24.3 Å². The lowest BCUT2D eigenvalue weighted by Crippen LogP contribution is -2.44. The number of hydrogen-bond acceptors (Lipinski definition) is 6. The molecule has 6 rings (SSSR count). The molecule has 1 amide bonds. The van der Waals surface area contributed by atoms with Crippen LogP contribution in [-0.4, -0.2) is 60.3 Å². The number of nitrogens with one attached hydrogen (secondary N) is 2. The third kappa shape index (κ3) is 5.78. The summed E-state index contributed by atoms with van der Waals surface area (Å²) in [6.45, 7) is 4.19. The monoisotopic (exact) mass is 549 g/mol. The number of carbonyl (C=O) groups excluding carboxylic acids is 1. The predicted molar refractivity (Wildman–Crippen MR) is 165 cm³/mol. The number of thiophene rings is 1. The average molecular weight is 550 g/mol. The molecule has 0 aliphatic carbocycles. The summed E-state index contributed by atoms with van der Waals surface area (Å²) in [5.74, 6) is -0.00231. The Labute approximate surface area is 237 Å². The summed E-state index contributed by atoms with van der Waals surface area (Å²) in [6, 6.07) is 26.0. The SMILES string of the molecule is CN1CCN(c2ccc(N=Cc3c(O)[nH]c4ccc(Cc5cccc(NC(=O)c6cccs6)c5)cc34)cc2)CC1. The van der Waals surface area contributed by atoms with Gasteiger partial charge in [0, 0.05) is 54.7 Å². The van der Waals surface area contributed by atoms with Crippen LogP contribution in [0.1, 0.15) is 26.4 Å². The van der Waals surface area contributed by atoms with Crippen LogP contribution in [0.3, 0.4) is 0 Å². The summed E-state index contributed by atoms with van der Waals surface area (Å²) in [5, 5.41) is 16.4. The number of rotatable bonds is 7. The van der Waals surface area contributed by atoms with Crippen molar-refractivity contribution < 1.29 is 9.90 Å². The van der Waals surface area contributed by atoms with Gasteiger partial charge in [0.25, 0.3) is 5.91 Å². The number of fused-ring (bicyclic) bond motifs is 1. The molecule has 202 valence electrons. The molecular weight excluding hydrogens is 518 g/mol. The molecular formula is C32H31N5O2S. The summed E-state index contributed by atoms with van der Waals surface area (Å²) in [4.78, 5) is 25.6. The van der Waals surface area contributed by atoms with Gasteiger partial charge in [-0.05, 0) is 84.6 Å². The molecule has 1 saturated heterocycles. The maximum Gasteiger partial charge on any atom is 0.265 e. The summed E-state index contributed by atoms with van der Waals surface area (Å²) in [7, 11) is 2.16. The average Bonchev–Trinajstić information content (AvgIpc) is 3.61. The second-order valence-electron chi connectivity index (χ2n) is 10.1. The maximum atomic E-state index is 12.5. The molecule has 0 unspecified atom stereocenters. The molecule has 1 aliphatic rings. The van der Waals surface area contributed by atoms with Gasteiger partial charge in [0.2, 0.25) is 0 Å². The van der Waals surface area contributed by atoms with E-state index in [-0.39, 0.29) is 11.8 Å². The van der Waals surface area contributed by atoms with E-state index in [9.17, 15) is 9.90 Å². The van der Waals surface area contributed by atoms with Gasteiger partial charge in [-0.15, -0.1) is 11.3 Å². The molecule has 0 spiro atoms. The lowest BCUT2D eigenvalue weighted by atomic mass is 10.0. The van der Waals surface area contributed by atoms with Gasteiger partial charge >= 0.3 is 0 Å². The minimum atomic E-state index is -0.103. The number of aliphatic imine (C=N–C) groups is 1. The number of aromatic nitrogens is 1. The van der Waals surface area contributed by atoms with Gasteiger partial charge in [0.05, 0.1) is 16.1 Å². The Bertz CT molecular complexity index is 1650. The van der Waals surface area contributed by atoms with Gasteiger partial charge < -0.3 is 25.2 Å². The standard InChI is InChI=1S/C32H31N5O2S/c1-36-13-15-37(16-14-36)26-10-8-24(9-11-26)33-21-28-27-20-23(7-12-29(27)35-31(28)38)18-22-4-2-5-25(19-22)34-32(39)30-6-3-17-40-30/h2-12,17,19-21,35,38H,13-16,18H2,1H3,(H,34,39). The smallest absolute Gasteiger partial charge is 0.265 e. The second kappa shape index (κ2) is 11.4. The van der Waals surface area contributed by atoms with Crippen LogP contribution in [0, 0.1) is 0 Å². The number of piperazine rings is 1. The number of aromatic amines is 1. The van der Waals surface area contributed by atoms with Crippen LogP contribution in [-0.2, 0) is 6.42 Å². The van der Waals surface area contributed by atoms with E-state index in [1.54, 1.807) is 6.21 Å². The van der Waals surface area contributed by atoms with Crippen LogP contribution in [0.4, 0.5) is 17.1 Å². The Balaban J connectivity index is 1.17. The minimum Gasteiger partial charge on any atom is -0.494 e. The normalized spacial score (nSPS) is 14.3. The van der Waals surface area contributed by atoms with Gasteiger partial charge in [0.15, 0.2) is 5.88 Å². The molecule has 2 aromatic heterocycles. The van der Waals surface area contributed by atoms with E-state index in [1.165, 1.54) is 17.0 Å². The van der Waals surface area contributed by atoms with Crippen LogP contribution in [0.25, 0.3) is 10.9 Å². The Morgan fingerprint density at radius 2 is 1.80 bits per heavy atom. The van der Waals surface area contributed by atoms with Crippen molar-refractivity contribution in [3.8, 4) is 5.88 Å². The van der Waals surface area contributed by atoms with E-state index in [1.807, 2.05) is 66.0 Å². The fourth-order valence-corrected chi connectivity index (χ4v) is 5.65. The van der Waals surface area contributed by atoms with Gasteiger partial charge in [-0.3, -0.25) is 9.79 Å². The topological polar surface area (TPSA) is 84.0 Å². The number of aromatic hydroxyl groups is 1. The lowest BCUT2D eigenvalue weighted by Gasteiger charge is -2.34. The molecule has 40 heavy (non-hydrogen) atoms. The summed E-state index contributed by atoms with van der Waals surface area (Å²) in [6.07, 6.45) is 2.42. The number of likely N-dealkylation sites (N-methyl/N-ethyl adjacent to an activating group) is 1. The van der Waals surface area contributed by atoms with E-state index >= 15 is 0 Å². The zero-order valence-corrected chi connectivity index (χ0v) is 23.1. The van der Waals surface area contributed by atoms with Crippen LogP contribution in [0.5, 0.6) is 5.88 Å². The van der Waals surface area contributed by atoms with Gasteiger partial charge in [0.1, 0.15) is 0 Å². The molecule has 8 heteroatoms. The highest BCUT2D eigenvalue weighted by atomic mass is 32.1. The Kier molecular flexibility index (Phi) is 7.35. The van der Waals surface area contributed by atoms with Crippen molar-refractivity contribution in [2.24, 2.45) is 4.99 Å². The van der Waals surface area contributed by atoms with Crippen molar-refractivity contribution in [3.63, 3.8) is 0 Å². The van der Waals surface area contributed by atoms with E-state index in [4.69, 9.17) is 0 Å². The first-order valence-electron chi connectivity index (χ1n) is 13.4. The highest BCUT2D eigenvalue weighted by Gasteiger charge is 2.14. The Morgan fingerprint density at radius 3 is 2.58 bits per heavy atom. The van der Waals surface area contributed by atoms with E-state index in [0.717, 1.165) is 59.6 Å². The molecule has 7 nitrogen and oxygen atoms in total. The quantitative estimate of drug-likeness (QED) is 0.209. The number of carbonyl (C=O) groups is 1. The molecule has 3 heterocycles. The molecule has 0 atom stereocenters. The highest BCUT2D eigenvalue weighted by molar-refractivity contribution is 7.12. The molecule has 1 aliphatic heterocycles. The number of anilines is 2. The van der Waals surface area contributed by atoms with Crippen molar-refractivity contribution in [3.05, 3.63) is 106 Å². The zero-order valence-electron chi connectivity index (χ0n) is 22.3. The Morgan fingerprint density at radius 1 is 1.00 bits per heavy atom. The van der Waals surface area contributed by atoms with Crippen molar-refractivity contribution in [1.29, 1.82) is 0 Å². The van der Waals surface area contributed by atoms with E-state index < -0.39 is 0 Å². The fourth-order valence-electron chi connectivity index (χ4n) is 5.03. The first-order valence-corrected chi connectivity index (χ1v) is 14.2. The molecule has 1 fully saturated rings. The number of hydrogen-bond donors (Lipinski definition) is 3. The molecule has 5 aromatic rings. The molecule has 0 bridgehead atoms. The van der Waals surface area contributed by atoms with E-state index in [2.05, 4.69) is 50.3 Å². The number of nitrogens with zero attached hydrogens (tertiary/aromatic N) is 3. The third-order valence-corrected chi connectivity index (χ3v) is 8.15. The zero-order chi connectivity index (χ0) is 27.5.